The molecule has 1 aromatic carbocycles. The maximum Gasteiger partial charge on any atom is 0.418 e. The average Bonchev–Trinajstić information content (AvgIpc) is 2.30. The van der Waals surface area contributed by atoms with E-state index in [1.165, 1.54) is 6.07 Å². The van der Waals surface area contributed by atoms with Crippen LogP contribution in [0, 0.1) is 12.3 Å². The Bertz CT molecular complexity index is 523. The molecule has 0 bridgehead atoms. The zero-order chi connectivity index (χ0) is 14.6. The lowest BCUT2D eigenvalue weighted by Crippen LogP contribution is -2.35. The Morgan fingerprint density at radius 1 is 1.53 bits per heavy atom. The van der Waals surface area contributed by atoms with Crippen LogP contribution >= 0.6 is 11.6 Å². The van der Waals surface area contributed by atoms with E-state index in [4.69, 9.17) is 23.8 Å². The Morgan fingerprint density at radius 3 is 2.68 bits per heavy atom. The summed E-state index contributed by atoms with van der Waals surface area (Å²) < 4.78 is 38.3. The highest BCUT2D eigenvalue weighted by molar-refractivity contribution is 6.30. The van der Waals surface area contributed by atoms with Crippen LogP contribution in [0.3, 0.4) is 0 Å². The predicted octanol–water partition coefficient (Wildman–Crippen LogP) is 2.65. The minimum Gasteiger partial charge on any atom is -0.324 e. The third-order valence-electron chi connectivity index (χ3n) is 2.22. The molecule has 0 radical (unpaired) electrons. The van der Waals surface area contributed by atoms with Crippen LogP contribution in [-0.2, 0) is 11.0 Å². The van der Waals surface area contributed by atoms with Crippen LogP contribution in [0.1, 0.15) is 12.0 Å². The molecule has 3 nitrogen and oxygen atoms in total. The van der Waals surface area contributed by atoms with E-state index in [2.05, 4.69) is 11.2 Å². The van der Waals surface area contributed by atoms with E-state index >= 15 is 0 Å². The van der Waals surface area contributed by atoms with E-state index < -0.39 is 29.4 Å². The maximum absolute atomic E-state index is 12.8. The standard InChI is InChI=1S/C12H10ClF3N2O/c1-2-3-9(17)11(19)18-10-5-4-7(13)6-8(10)12(14,15)16/h1,4-6,9H,3,17H2,(H,18,19). The van der Waals surface area contributed by atoms with Gasteiger partial charge in [0.2, 0.25) is 5.91 Å². The highest BCUT2D eigenvalue weighted by Gasteiger charge is 2.34. The van der Waals surface area contributed by atoms with Crippen molar-refractivity contribution in [1.82, 2.24) is 0 Å². The van der Waals surface area contributed by atoms with Crippen LogP contribution in [-0.4, -0.2) is 11.9 Å². The summed E-state index contributed by atoms with van der Waals surface area (Å²) >= 11 is 5.51. The number of carbonyl (C=O) groups excluding carboxylic acids is 1. The average molecular weight is 291 g/mol. The number of hydrogen-bond donors (Lipinski definition) is 2. The van der Waals surface area contributed by atoms with Crippen LogP contribution < -0.4 is 11.1 Å². The zero-order valence-corrected chi connectivity index (χ0v) is 10.3. The van der Waals surface area contributed by atoms with Crippen molar-refractivity contribution in [2.45, 2.75) is 18.6 Å². The van der Waals surface area contributed by atoms with Gasteiger partial charge in [0.1, 0.15) is 0 Å². The van der Waals surface area contributed by atoms with Gasteiger partial charge < -0.3 is 11.1 Å². The first-order valence-corrected chi connectivity index (χ1v) is 5.50. The molecule has 0 saturated heterocycles. The van der Waals surface area contributed by atoms with Gasteiger partial charge in [-0.05, 0) is 18.2 Å². The van der Waals surface area contributed by atoms with E-state index in [1.54, 1.807) is 0 Å². The molecular formula is C12H10ClF3N2O. The lowest BCUT2D eigenvalue weighted by atomic mass is 10.1. The smallest absolute Gasteiger partial charge is 0.324 e. The Balaban J connectivity index is 3.02. The molecule has 0 spiro atoms. The third kappa shape index (κ3) is 4.16. The summed E-state index contributed by atoms with van der Waals surface area (Å²) in [7, 11) is 0. The van der Waals surface area contributed by atoms with Gasteiger partial charge in [-0.2, -0.15) is 13.2 Å². The number of terminal acetylenes is 1. The molecule has 3 N–H and O–H groups in total. The molecule has 1 amide bonds. The molecule has 1 unspecified atom stereocenters. The van der Waals surface area contributed by atoms with Gasteiger partial charge in [0.25, 0.3) is 0 Å². The van der Waals surface area contributed by atoms with Crippen molar-refractivity contribution in [3.8, 4) is 12.3 Å². The molecular weight excluding hydrogens is 281 g/mol. The number of amides is 1. The summed E-state index contributed by atoms with van der Waals surface area (Å²) in [5.74, 6) is 1.37. The molecule has 0 aromatic heterocycles. The van der Waals surface area contributed by atoms with Crippen LogP contribution in [0.25, 0.3) is 0 Å². The molecule has 1 atom stereocenters. The van der Waals surface area contributed by atoms with Gasteiger partial charge in [-0.25, -0.2) is 0 Å². The second-order valence-corrected chi connectivity index (χ2v) is 4.13. The van der Waals surface area contributed by atoms with Crippen molar-refractivity contribution in [1.29, 1.82) is 0 Å². The minimum atomic E-state index is -4.64. The van der Waals surface area contributed by atoms with Crippen LogP contribution in [0.2, 0.25) is 5.02 Å². The van der Waals surface area contributed by atoms with E-state index in [-0.39, 0.29) is 11.4 Å². The van der Waals surface area contributed by atoms with Crippen molar-refractivity contribution < 1.29 is 18.0 Å². The first kappa shape index (κ1) is 15.3. The summed E-state index contributed by atoms with van der Waals surface area (Å²) in [6.07, 6.45) is 0.268. The van der Waals surface area contributed by atoms with Crippen molar-refractivity contribution in [2.24, 2.45) is 5.73 Å². The van der Waals surface area contributed by atoms with E-state index in [9.17, 15) is 18.0 Å². The summed E-state index contributed by atoms with van der Waals surface area (Å²) in [5, 5.41) is 2.01. The lowest BCUT2D eigenvalue weighted by Gasteiger charge is -2.15. The summed E-state index contributed by atoms with van der Waals surface area (Å²) in [4.78, 5) is 11.5. The molecule has 1 rings (SSSR count). The predicted molar refractivity (Wildman–Crippen MR) is 66.5 cm³/mol. The van der Waals surface area contributed by atoms with Gasteiger partial charge in [-0.15, -0.1) is 12.3 Å². The molecule has 0 heterocycles. The summed E-state index contributed by atoms with van der Waals surface area (Å²) in [6.45, 7) is 0. The van der Waals surface area contributed by atoms with Crippen molar-refractivity contribution in [2.75, 3.05) is 5.32 Å². The minimum absolute atomic E-state index is 0.0687. The van der Waals surface area contributed by atoms with E-state index in [0.717, 1.165) is 12.1 Å². The number of anilines is 1. The highest BCUT2D eigenvalue weighted by Crippen LogP contribution is 2.36. The molecule has 0 aliphatic heterocycles. The number of benzene rings is 1. The van der Waals surface area contributed by atoms with Gasteiger partial charge in [0.05, 0.1) is 17.3 Å². The molecule has 102 valence electrons. The Hall–Kier alpha value is -1.71. The molecule has 0 aliphatic carbocycles. The van der Waals surface area contributed by atoms with E-state index in [0.29, 0.717) is 0 Å². The van der Waals surface area contributed by atoms with Gasteiger partial charge in [0, 0.05) is 11.4 Å². The van der Waals surface area contributed by atoms with Crippen molar-refractivity contribution >= 4 is 23.2 Å². The van der Waals surface area contributed by atoms with E-state index in [1.807, 2.05) is 0 Å². The number of rotatable bonds is 3. The number of nitrogens with two attached hydrogens (primary N) is 1. The van der Waals surface area contributed by atoms with Crippen LogP contribution in [0.5, 0.6) is 0 Å². The third-order valence-corrected chi connectivity index (χ3v) is 2.45. The van der Waals surface area contributed by atoms with Gasteiger partial charge >= 0.3 is 6.18 Å². The fourth-order valence-electron chi connectivity index (χ4n) is 1.31. The van der Waals surface area contributed by atoms with Gasteiger partial charge in [-0.1, -0.05) is 11.6 Å². The lowest BCUT2D eigenvalue weighted by molar-refractivity contribution is -0.137. The fraction of sp³-hybridized carbons (Fsp3) is 0.250. The molecule has 7 heteroatoms. The number of carbonyl (C=O) groups is 1. The van der Waals surface area contributed by atoms with Gasteiger partial charge in [0.15, 0.2) is 0 Å². The molecule has 0 fully saturated rings. The highest BCUT2D eigenvalue weighted by atomic mass is 35.5. The number of halogens is 4. The summed E-state index contributed by atoms with van der Waals surface area (Å²) in [5.41, 5.74) is 3.95. The normalized spacial score (nSPS) is 12.6. The van der Waals surface area contributed by atoms with Crippen LogP contribution in [0.15, 0.2) is 18.2 Å². The number of nitrogens with one attached hydrogen (secondary N) is 1. The zero-order valence-electron chi connectivity index (χ0n) is 9.59. The maximum atomic E-state index is 12.8. The number of hydrogen-bond acceptors (Lipinski definition) is 2. The second-order valence-electron chi connectivity index (χ2n) is 3.69. The largest absolute Gasteiger partial charge is 0.418 e. The second kappa shape index (κ2) is 5.95. The van der Waals surface area contributed by atoms with Crippen molar-refractivity contribution in [3.63, 3.8) is 0 Å². The Kier molecular flexibility index (Phi) is 4.81. The molecule has 1 aromatic rings. The quantitative estimate of drug-likeness (QED) is 0.841. The number of alkyl halides is 3. The Labute approximate surface area is 112 Å². The molecule has 0 saturated carbocycles. The first-order chi connectivity index (χ1) is 8.75. The van der Waals surface area contributed by atoms with Crippen molar-refractivity contribution in [3.05, 3.63) is 28.8 Å². The Morgan fingerprint density at radius 2 is 2.16 bits per heavy atom. The fourth-order valence-corrected chi connectivity index (χ4v) is 1.48. The monoisotopic (exact) mass is 290 g/mol. The first-order valence-electron chi connectivity index (χ1n) is 5.12. The molecule has 0 aliphatic rings. The topological polar surface area (TPSA) is 55.1 Å². The molecule has 19 heavy (non-hydrogen) atoms. The van der Waals surface area contributed by atoms with Crippen LogP contribution in [0.4, 0.5) is 18.9 Å². The SMILES string of the molecule is C#CCC(N)C(=O)Nc1ccc(Cl)cc1C(F)(F)F. The summed E-state index contributed by atoms with van der Waals surface area (Å²) in [6, 6.07) is 1.95. The van der Waals surface area contributed by atoms with Gasteiger partial charge in [-0.3, -0.25) is 4.79 Å².